The molecule has 108 valence electrons. The number of nitrogens with zero attached hydrogens (tertiary/aromatic N) is 1. The molecule has 0 aromatic heterocycles. The van der Waals surface area contributed by atoms with Crippen molar-refractivity contribution in [2.45, 2.75) is 32.2 Å². The molecule has 0 amide bonds. The summed E-state index contributed by atoms with van der Waals surface area (Å²) >= 11 is 0. The number of carbonyl (C=O) groups is 1. The normalized spacial score (nSPS) is 29.4. The summed E-state index contributed by atoms with van der Waals surface area (Å²) in [6, 6.07) is 9.57. The Hall–Kier alpha value is -1.43. The number of carbonyl (C=O) groups excluding carboxylic acids is 1. The summed E-state index contributed by atoms with van der Waals surface area (Å²) in [7, 11) is 0. The first kappa shape index (κ1) is 13.5. The van der Waals surface area contributed by atoms with Crippen LogP contribution in [0.2, 0.25) is 0 Å². The smallest absolute Gasteiger partial charge is 0.326 e. The molecule has 1 aromatic rings. The van der Waals surface area contributed by atoms with Gasteiger partial charge in [0.1, 0.15) is 6.04 Å². The summed E-state index contributed by atoms with van der Waals surface area (Å²) in [6.45, 7) is 3.40. The topological polar surface area (TPSA) is 48.0 Å². The third-order valence-electron chi connectivity index (χ3n) is 3.75. The Labute approximate surface area is 118 Å². The summed E-state index contributed by atoms with van der Waals surface area (Å²) < 4.78 is 10.7. The number of fused-ring (bicyclic) bond motifs is 1. The highest BCUT2D eigenvalue weighted by atomic mass is 16.8. The zero-order chi connectivity index (χ0) is 13.9. The second-order valence-electron chi connectivity index (χ2n) is 5.05. The van der Waals surface area contributed by atoms with Gasteiger partial charge < -0.3 is 9.47 Å². The van der Waals surface area contributed by atoms with Crippen LogP contribution in [0.25, 0.3) is 0 Å². The molecule has 5 heteroatoms. The molecule has 0 bridgehead atoms. The van der Waals surface area contributed by atoms with Gasteiger partial charge in [-0.15, -0.1) is 0 Å². The van der Waals surface area contributed by atoms with Gasteiger partial charge in [0.05, 0.1) is 19.8 Å². The van der Waals surface area contributed by atoms with Gasteiger partial charge in [0, 0.05) is 5.92 Å². The van der Waals surface area contributed by atoms with Gasteiger partial charge in [-0.25, -0.2) is 0 Å². The zero-order valence-electron chi connectivity index (χ0n) is 11.5. The Bertz CT molecular complexity index is 464. The highest BCUT2D eigenvalue weighted by molar-refractivity contribution is 5.76. The van der Waals surface area contributed by atoms with Crippen LogP contribution in [0.5, 0.6) is 0 Å². The van der Waals surface area contributed by atoms with E-state index in [0.717, 1.165) is 12.0 Å². The average Bonchev–Trinajstić information content (AvgIpc) is 3.00. The largest absolute Gasteiger partial charge is 0.465 e. The SMILES string of the molecule is CCOC(=O)[C@H]1[C@@H]2CCO[C@@H]2ON1Cc1ccccc1. The number of esters is 1. The Balaban J connectivity index is 1.76. The van der Waals surface area contributed by atoms with Crippen LogP contribution in [-0.2, 0) is 25.7 Å². The van der Waals surface area contributed by atoms with Crippen molar-refractivity contribution in [2.75, 3.05) is 13.2 Å². The number of hydrogen-bond acceptors (Lipinski definition) is 5. The Morgan fingerprint density at radius 2 is 2.20 bits per heavy atom. The molecule has 2 aliphatic heterocycles. The Morgan fingerprint density at radius 1 is 1.40 bits per heavy atom. The maximum absolute atomic E-state index is 12.2. The van der Waals surface area contributed by atoms with Gasteiger partial charge in [-0.1, -0.05) is 30.3 Å². The molecule has 2 fully saturated rings. The second-order valence-corrected chi connectivity index (χ2v) is 5.05. The van der Waals surface area contributed by atoms with Gasteiger partial charge in [0.15, 0.2) is 6.29 Å². The van der Waals surface area contributed by atoms with Crippen molar-refractivity contribution in [2.24, 2.45) is 5.92 Å². The van der Waals surface area contributed by atoms with Gasteiger partial charge in [-0.2, -0.15) is 5.06 Å². The molecular weight excluding hydrogens is 258 g/mol. The fourth-order valence-electron chi connectivity index (χ4n) is 2.83. The Morgan fingerprint density at radius 3 is 2.95 bits per heavy atom. The van der Waals surface area contributed by atoms with Crippen molar-refractivity contribution in [3.8, 4) is 0 Å². The zero-order valence-corrected chi connectivity index (χ0v) is 11.5. The maximum Gasteiger partial charge on any atom is 0.326 e. The first-order valence-corrected chi connectivity index (χ1v) is 7.05. The molecule has 20 heavy (non-hydrogen) atoms. The quantitative estimate of drug-likeness (QED) is 0.784. The van der Waals surface area contributed by atoms with Crippen LogP contribution >= 0.6 is 0 Å². The standard InChI is InChI=1S/C15H19NO4/c1-2-18-14(17)13-12-8-9-19-15(12)20-16(13)10-11-6-4-3-5-7-11/h3-7,12-13,15H,2,8-10H2,1H3/t12-,13+,15+/m0/s1. The van der Waals surface area contributed by atoms with E-state index in [1.54, 1.807) is 5.06 Å². The van der Waals surface area contributed by atoms with Crippen LogP contribution < -0.4 is 0 Å². The van der Waals surface area contributed by atoms with E-state index < -0.39 is 0 Å². The van der Waals surface area contributed by atoms with Crippen molar-refractivity contribution in [3.05, 3.63) is 35.9 Å². The molecular formula is C15H19NO4. The monoisotopic (exact) mass is 277 g/mol. The van der Waals surface area contributed by atoms with Crippen molar-refractivity contribution in [1.82, 2.24) is 5.06 Å². The lowest BCUT2D eigenvalue weighted by molar-refractivity contribution is -0.239. The van der Waals surface area contributed by atoms with Crippen LogP contribution in [-0.4, -0.2) is 36.6 Å². The average molecular weight is 277 g/mol. The van der Waals surface area contributed by atoms with E-state index in [1.807, 2.05) is 37.3 Å². The molecule has 2 heterocycles. The molecule has 0 saturated carbocycles. The van der Waals surface area contributed by atoms with E-state index in [9.17, 15) is 4.79 Å². The summed E-state index contributed by atoms with van der Waals surface area (Å²) in [5, 5.41) is 1.71. The van der Waals surface area contributed by atoms with Crippen molar-refractivity contribution < 1.29 is 19.1 Å². The number of benzene rings is 1. The lowest BCUT2D eigenvalue weighted by atomic mass is 9.98. The van der Waals surface area contributed by atoms with E-state index in [1.165, 1.54) is 0 Å². The van der Waals surface area contributed by atoms with Crippen molar-refractivity contribution in [3.63, 3.8) is 0 Å². The highest BCUT2D eigenvalue weighted by Gasteiger charge is 2.51. The predicted octanol–water partition coefficient (Wildman–Crippen LogP) is 1.73. The minimum absolute atomic E-state index is 0.0674. The van der Waals surface area contributed by atoms with Gasteiger partial charge in [0.2, 0.25) is 0 Å². The molecule has 0 spiro atoms. The minimum Gasteiger partial charge on any atom is -0.465 e. The third-order valence-corrected chi connectivity index (χ3v) is 3.75. The molecule has 0 unspecified atom stereocenters. The van der Waals surface area contributed by atoms with Crippen LogP contribution in [0.15, 0.2) is 30.3 Å². The van der Waals surface area contributed by atoms with Gasteiger partial charge in [0.25, 0.3) is 0 Å². The molecule has 1 aromatic carbocycles. The van der Waals surface area contributed by atoms with Gasteiger partial charge in [-0.3, -0.25) is 9.63 Å². The lowest BCUT2D eigenvalue weighted by Crippen LogP contribution is -2.40. The van der Waals surface area contributed by atoms with E-state index in [4.69, 9.17) is 14.3 Å². The van der Waals surface area contributed by atoms with Crippen molar-refractivity contribution in [1.29, 1.82) is 0 Å². The highest BCUT2D eigenvalue weighted by Crippen LogP contribution is 2.37. The van der Waals surface area contributed by atoms with Crippen LogP contribution in [0.3, 0.4) is 0 Å². The summed E-state index contributed by atoms with van der Waals surface area (Å²) in [5.74, 6) is -0.154. The van der Waals surface area contributed by atoms with E-state index in [2.05, 4.69) is 0 Å². The number of hydroxylamine groups is 2. The van der Waals surface area contributed by atoms with Crippen LogP contribution in [0.4, 0.5) is 0 Å². The molecule has 0 radical (unpaired) electrons. The second kappa shape index (κ2) is 5.91. The summed E-state index contributed by atoms with van der Waals surface area (Å²) in [4.78, 5) is 18.0. The maximum atomic E-state index is 12.2. The molecule has 3 rings (SSSR count). The van der Waals surface area contributed by atoms with Gasteiger partial charge >= 0.3 is 5.97 Å². The first-order valence-electron chi connectivity index (χ1n) is 7.05. The first-order chi connectivity index (χ1) is 9.79. The van der Waals surface area contributed by atoms with Crippen LogP contribution in [0, 0.1) is 5.92 Å². The van der Waals surface area contributed by atoms with Crippen LogP contribution in [0.1, 0.15) is 18.9 Å². The van der Waals surface area contributed by atoms with Gasteiger partial charge in [-0.05, 0) is 18.9 Å². The molecule has 5 nitrogen and oxygen atoms in total. The fraction of sp³-hybridized carbons (Fsp3) is 0.533. The van der Waals surface area contributed by atoms with E-state index in [0.29, 0.717) is 19.8 Å². The number of rotatable bonds is 4. The number of hydrogen-bond donors (Lipinski definition) is 0. The minimum atomic E-state index is -0.373. The third kappa shape index (κ3) is 2.57. The summed E-state index contributed by atoms with van der Waals surface area (Å²) in [6.07, 6.45) is 0.521. The van der Waals surface area contributed by atoms with E-state index >= 15 is 0 Å². The fourth-order valence-corrected chi connectivity index (χ4v) is 2.83. The predicted molar refractivity (Wildman–Crippen MR) is 71.3 cm³/mol. The molecule has 0 N–H and O–H groups in total. The lowest BCUT2D eigenvalue weighted by Gasteiger charge is -2.23. The van der Waals surface area contributed by atoms with Crippen molar-refractivity contribution >= 4 is 5.97 Å². The molecule has 2 aliphatic rings. The molecule has 3 atom stereocenters. The molecule has 0 aliphatic carbocycles. The molecule has 2 saturated heterocycles. The summed E-state index contributed by atoms with van der Waals surface area (Å²) in [5.41, 5.74) is 1.10. The number of ether oxygens (including phenoxy) is 2. The Kier molecular flexibility index (Phi) is 4.00. The van der Waals surface area contributed by atoms with E-state index in [-0.39, 0.29) is 24.2 Å².